The first kappa shape index (κ1) is 13.8. The van der Waals surface area contributed by atoms with Gasteiger partial charge < -0.3 is 4.74 Å². The maximum atomic E-state index is 13.6. The Labute approximate surface area is 129 Å². The molecule has 1 aliphatic heterocycles. The van der Waals surface area contributed by atoms with Crippen molar-refractivity contribution in [2.24, 2.45) is 7.05 Å². The highest BCUT2D eigenvalue weighted by Crippen LogP contribution is 2.35. The molecule has 0 radical (unpaired) electrons. The van der Waals surface area contributed by atoms with Crippen LogP contribution in [-0.2, 0) is 7.05 Å². The summed E-state index contributed by atoms with van der Waals surface area (Å²) in [5, 5.41) is 4.18. The summed E-state index contributed by atoms with van der Waals surface area (Å²) in [6, 6.07) is 7.87. The minimum atomic E-state index is -0.271. The van der Waals surface area contributed by atoms with Gasteiger partial charge in [-0.2, -0.15) is 5.10 Å². The Morgan fingerprint density at radius 2 is 2.18 bits per heavy atom. The molecule has 0 N–H and O–H groups in total. The molecule has 1 saturated carbocycles. The standard InChI is InChI=1S/C17H20FN3O/c1-20-16(7-8-19-20)15-6-5-12(18)9-17(15)22-11-14-10-21(14)13-3-2-4-13/h5-9,13-14H,2-4,10-11H2,1H3. The van der Waals surface area contributed by atoms with Gasteiger partial charge in [0, 0.05) is 37.5 Å². The lowest BCUT2D eigenvalue weighted by Crippen LogP contribution is -2.29. The summed E-state index contributed by atoms with van der Waals surface area (Å²) in [5.74, 6) is 0.330. The lowest BCUT2D eigenvalue weighted by Gasteiger charge is -2.27. The van der Waals surface area contributed by atoms with E-state index in [1.54, 1.807) is 16.9 Å². The first-order chi connectivity index (χ1) is 10.7. The van der Waals surface area contributed by atoms with Crippen LogP contribution < -0.4 is 4.74 Å². The number of benzene rings is 1. The molecule has 0 spiro atoms. The van der Waals surface area contributed by atoms with Crippen LogP contribution in [-0.4, -0.2) is 39.9 Å². The van der Waals surface area contributed by atoms with Gasteiger partial charge in [0.2, 0.25) is 0 Å². The van der Waals surface area contributed by atoms with Crippen molar-refractivity contribution in [3.63, 3.8) is 0 Å². The predicted octanol–water partition coefficient (Wildman–Crippen LogP) is 2.84. The fourth-order valence-corrected chi connectivity index (χ4v) is 3.16. The third-order valence-corrected chi connectivity index (χ3v) is 4.77. The van der Waals surface area contributed by atoms with Crippen molar-refractivity contribution in [3.8, 4) is 17.0 Å². The van der Waals surface area contributed by atoms with Crippen LogP contribution >= 0.6 is 0 Å². The highest BCUT2D eigenvalue weighted by Gasteiger charge is 2.42. The van der Waals surface area contributed by atoms with E-state index in [2.05, 4.69) is 10.00 Å². The Kier molecular flexibility index (Phi) is 3.37. The summed E-state index contributed by atoms with van der Waals surface area (Å²) in [6.07, 6.45) is 5.72. The van der Waals surface area contributed by atoms with Crippen molar-refractivity contribution in [1.29, 1.82) is 0 Å². The molecule has 22 heavy (non-hydrogen) atoms. The molecule has 2 fully saturated rings. The van der Waals surface area contributed by atoms with Crippen LogP contribution in [0.4, 0.5) is 4.39 Å². The Morgan fingerprint density at radius 3 is 2.86 bits per heavy atom. The van der Waals surface area contributed by atoms with E-state index < -0.39 is 0 Å². The zero-order valence-electron chi connectivity index (χ0n) is 12.7. The highest BCUT2D eigenvalue weighted by atomic mass is 19.1. The van der Waals surface area contributed by atoms with Gasteiger partial charge >= 0.3 is 0 Å². The molecule has 116 valence electrons. The summed E-state index contributed by atoms with van der Waals surface area (Å²) < 4.78 is 21.3. The van der Waals surface area contributed by atoms with Gasteiger partial charge in [-0.05, 0) is 31.0 Å². The van der Waals surface area contributed by atoms with Crippen molar-refractivity contribution in [2.75, 3.05) is 13.2 Å². The molecule has 1 aromatic heterocycles. The molecule has 0 bridgehead atoms. The van der Waals surface area contributed by atoms with Crippen LogP contribution in [0.25, 0.3) is 11.3 Å². The summed E-state index contributed by atoms with van der Waals surface area (Å²) in [6.45, 7) is 1.74. The summed E-state index contributed by atoms with van der Waals surface area (Å²) >= 11 is 0. The molecule has 2 atom stereocenters. The first-order valence-electron chi connectivity index (χ1n) is 7.89. The molecule has 1 saturated heterocycles. The molecule has 1 aromatic carbocycles. The predicted molar refractivity (Wildman–Crippen MR) is 82.2 cm³/mol. The van der Waals surface area contributed by atoms with Crippen molar-refractivity contribution < 1.29 is 9.13 Å². The SMILES string of the molecule is Cn1nccc1-c1ccc(F)cc1OCC1CN1C1CCC1. The normalized spacial score (nSPS) is 24.1. The molecule has 0 amide bonds. The first-order valence-corrected chi connectivity index (χ1v) is 7.89. The van der Waals surface area contributed by atoms with Gasteiger partial charge in [0.25, 0.3) is 0 Å². The van der Waals surface area contributed by atoms with Gasteiger partial charge in [-0.3, -0.25) is 9.58 Å². The van der Waals surface area contributed by atoms with Crippen molar-refractivity contribution >= 4 is 0 Å². The maximum Gasteiger partial charge on any atom is 0.131 e. The molecule has 2 heterocycles. The second-order valence-electron chi connectivity index (χ2n) is 6.23. The van der Waals surface area contributed by atoms with Crippen molar-refractivity contribution in [3.05, 3.63) is 36.3 Å². The molecule has 4 rings (SSSR count). The topological polar surface area (TPSA) is 30.1 Å². The van der Waals surface area contributed by atoms with Gasteiger partial charge in [0.1, 0.15) is 18.2 Å². The Morgan fingerprint density at radius 1 is 1.32 bits per heavy atom. The third-order valence-electron chi connectivity index (χ3n) is 4.77. The highest BCUT2D eigenvalue weighted by molar-refractivity contribution is 5.67. The third kappa shape index (κ3) is 2.50. The average Bonchev–Trinajstić information content (AvgIpc) is 3.06. The molecule has 5 heteroatoms. The van der Waals surface area contributed by atoms with E-state index in [9.17, 15) is 4.39 Å². The second-order valence-corrected chi connectivity index (χ2v) is 6.23. The Bertz CT molecular complexity index is 680. The quantitative estimate of drug-likeness (QED) is 0.796. The number of ether oxygens (including phenoxy) is 1. The number of aryl methyl sites for hydroxylation is 1. The average molecular weight is 301 g/mol. The van der Waals surface area contributed by atoms with E-state index in [0.29, 0.717) is 18.4 Å². The zero-order chi connectivity index (χ0) is 15.1. The smallest absolute Gasteiger partial charge is 0.131 e. The van der Waals surface area contributed by atoms with E-state index in [-0.39, 0.29) is 5.82 Å². The number of hydrogen-bond donors (Lipinski definition) is 0. The number of hydrogen-bond acceptors (Lipinski definition) is 3. The second kappa shape index (κ2) is 5.39. The van der Waals surface area contributed by atoms with E-state index in [1.165, 1.54) is 31.4 Å². The molecule has 2 aromatic rings. The van der Waals surface area contributed by atoms with E-state index in [4.69, 9.17) is 4.74 Å². The zero-order valence-corrected chi connectivity index (χ0v) is 12.7. The number of rotatable bonds is 5. The number of aromatic nitrogens is 2. The van der Waals surface area contributed by atoms with Crippen LogP contribution in [0, 0.1) is 5.82 Å². The lowest BCUT2D eigenvalue weighted by molar-refractivity contribution is 0.215. The van der Waals surface area contributed by atoms with Crippen LogP contribution in [0.2, 0.25) is 0 Å². The maximum absolute atomic E-state index is 13.6. The Hall–Kier alpha value is -1.88. The molecule has 1 aliphatic carbocycles. The number of halogens is 1. The minimum Gasteiger partial charge on any atom is -0.491 e. The fourth-order valence-electron chi connectivity index (χ4n) is 3.16. The molecule has 4 nitrogen and oxygen atoms in total. The van der Waals surface area contributed by atoms with Gasteiger partial charge in [-0.1, -0.05) is 6.42 Å². The molecular weight excluding hydrogens is 281 g/mol. The summed E-state index contributed by atoms with van der Waals surface area (Å²) in [4.78, 5) is 2.49. The number of nitrogens with zero attached hydrogens (tertiary/aromatic N) is 3. The van der Waals surface area contributed by atoms with Gasteiger partial charge in [0.05, 0.1) is 11.7 Å². The molecular formula is C17H20FN3O. The van der Waals surface area contributed by atoms with Gasteiger partial charge in [0.15, 0.2) is 0 Å². The molecule has 2 aliphatic rings. The van der Waals surface area contributed by atoms with Gasteiger partial charge in [-0.15, -0.1) is 0 Å². The fraction of sp³-hybridized carbons (Fsp3) is 0.471. The van der Waals surface area contributed by atoms with Crippen molar-refractivity contribution in [1.82, 2.24) is 14.7 Å². The van der Waals surface area contributed by atoms with Gasteiger partial charge in [-0.25, -0.2) is 4.39 Å². The van der Waals surface area contributed by atoms with Crippen LogP contribution in [0.15, 0.2) is 30.5 Å². The van der Waals surface area contributed by atoms with Crippen LogP contribution in [0.5, 0.6) is 5.75 Å². The van der Waals surface area contributed by atoms with E-state index in [0.717, 1.165) is 23.8 Å². The summed E-state index contributed by atoms with van der Waals surface area (Å²) in [5.41, 5.74) is 1.82. The lowest BCUT2D eigenvalue weighted by atomic mass is 9.93. The summed E-state index contributed by atoms with van der Waals surface area (Å²) in [7, 11) is 1.88. The Balaban J connectivity index is 1.49. The largest absolute Gasteiger partial charge is 0.491 e. The minimum absolute atomic E-state index is 0.271. The van der Waals surface area contributed by atoms with E-state index in [1.807, 2.05) is 13.1 Å². The molecule has 2 unspecified atom stereocenters. The van der Waals surface area contributed by atoms with E-state index >= 15 is 0 Å². The van der Waals surface area contributed by atoms with Crippen LogP contribution in [0.1, 0.15) is 19.3 Å². The monoisotopic (exact) mass is 301 g/mol. The van der Waals surface area contributed by atoms with Crippen LogP contribution in [0.3, 0.4) is 0 Å². The van der Waals surface area contributed by atoms with Crippen molar-refractivity contribution in [2.45, 2.75) is 31.3 Å².